The molecule has 0 saturated carbocycles. The molecule has 2 aromatic heterocycles. The van der Waals surface area contributed by atoms with Gasteiger partial charge in [-0.15, -0.1) is 0 Å². The van der Waals surface area contributed by atoms with Gasteiger partial charge in [-0.2, -0.15) is 5.10 Å². The van der Waals surface area contributed by atoms with E-state index in [-0.39, 0.29) is 24.1 Å². The summed E-state index contributed by atoms with van der Waals surface area (Å²) in [6.45, 7) is 4.97. The van der Waals surface area contributed by atoms with Crippen LogP contribution in [0.4, 0.5) is 5.82 Å². The van der Waals surface area contributed by atoms with Crippen molar-refractivity contribution < 1.29 is 29.3 Å². The molecule has 1 aliphatic heterocycles. The Kier molecular flexibility index (Phi) is 6.65. The second-order valence-electron chi connectivity index (χ2n) is 8.89. The first-order valence-electron chi connectivity index (χ1n) is 11.1. The number of esters is 1. The van der Waals surface area contributed by atoms with Crippen LogP contribution in [0.2, 0.25) is 0 Å². The molecule has 3 heterocycles. The number of aromatic nitrogens is 3. The van der Waals surface area contributed by atoms with Crippen molar-refractivity contribution in [3.63, 3.8) is 0 Å². The number of nitrogens with one attached hydrogen (secondary N) is 1. The molecule has 34 heavy (non-hydrogen) atoms. The molecule has 4 rings (SSSR count). The van der Waals surface area contributed by atoms with Crippen LogP contribution in [0.3, 0.4) is 0 Å². The Morgan fingerprint density at radius 3 is 2.65 bits per heavy atom. The van der Waals surface area contributed by atoms with Gasteiger partial charge in [0.15, 0.2) is 11.9 Å². The van der Waals surface area contributed by atoms with Crippen molar-refractivity contribution >= 4 is 23.2 Å². The van der Waals surface area contributed by atoms with Gasteiger partial charge in [0.05, 0.1) is 12.3 Å². The molecule has 4 atom stereocenters. The summed E-state index contributed by atoms with van der Waals surface area (Å²) in [4.78, 5) is 29.1. The van der Waals surface area contributed by atoms with Gasteiger partial charge in [-0.1, -0.05) is 32.0 Å². The molecule has 3 aromatic rings. The maximum absolute atomic E-state index is 12.6. The SMILES string of the molecule is CC(C)CC(=O)O[C@H]1[C@@H](O)[C@](C)(c2ccc3c(NC(=O)c4ccccc4)ncnn23)O[C@@H]1CO. The number of hydrogen-bond acceptors (Lipinski definition) is 8. The van der Waals surface area contributed by atoms with Gasteiger partial charge in [0.2, 0.25) is 0 Å². The minimum Gasteiger partial charge on any atom is -0.457 e. The van der Waals surface area contributed by atoms with Gasteiger partial charge >= 0.3 is 5.97 Å². The maximum Gasteiger partial charge on any atom is 0.306 e. The lowest BCUT2D eigenvalue weighted by atomic mass is 9.93. The Morgan fingerprint density at radius 2 is 1.97 bits per heavy atom. The van der Waals surface area contributed by atoms with Crippen LogP contribution in [0, 0.1) is 5.92 Å². The average Bonchev–Trinajstić information content (AvgIpc) is 3.35. The molecule has 180 valence electrons. The van der Waals surface area contributed by atoms with E-state index in [0.717, 1.165) is 0 Å². The maximum atomic E-state index is 12.6. The Labute approximate surface area is 196 Å². The van der Waals surface area contributed by atoms with Crippen LogP contribution in [0.15, 0.2) is 48.8 Å². The number of carbonyl (C=O) groups is 2. The Balaban J connectivity index is 1.63. The fraction of sp³-hybridized carbons (Fsp3) is 0.417. The highest BCUT2D eigenvalue weighted by molar-refractivity contribution is 6.05. The highest BCUT2D eigenvalue weighted by Crippen LogP contribution is 2.41. The second kappa shape index (κ2) is 9.49. The summed E-state index contributed by atoms with van der Waals surface area (Å²) in [6.07, 6.45) is -1.77. The summed E-state index contributed by atoms with van der Waals surface area (Å²) in [5, 5.41) is 28.0. The number of aliphatic hydroxyl groups is 2. The van der Waals surface area contributed by atoms with Crippen LogP contribution in [0.25, 0.3) is 5.52 Å². The minimum atomic E-state index is -1.35. The van der Waals surface area contributed by atoms with Gasteiger partial charge < -0.3 is 25.0 Å². The van der Waals surface area contributed by atoms with Crippen molar-refractivity contribution in [3.8, 4) is 0 Å². The molecule has 0 bridgehead atoms. The third-order valence-corrected chi connectivity index (χ3v) is 5.89. The molecule has 0 aliphatic carbocycles. The third-order valence-electron chi connectivity index (χ3n) is 5.89. The number of anilines is 1. The van der Waals surface area contributed by atoms with Crippen LogP contribution < -0.4 is 5.32 Å². The predicted molar refractivity (Wildman–Crippen MR) is 122 cm³/mol. The van der Waals surface area contributed by atoms with Crippen LogP contribution in [-0.2, 0) is 19.9 Å². The Morgan fingerprint density at radius 1 is 1.24 bits per heavy atom. The summed E-state index contributed by atoms with van der Waals surface area (Å²) in [5.41, 5.74) is 0.0648. The third kappa shape index (κ3) is 4.39. The van der Waals surface area contributed by atoms with Gasteiger partial charge in [-0.3, -0.25) is 9.59 Å². The molecule has 0 spiro atoms. The van der Waals surface area contributed by atoms with Crippen molar-refractivity contribution in [2.45, 2.75) is 51.1 Å². The fourth-order valence-corrected chi connectivity index (χ4v) is 4.17. The summed E-state index contributed by atoms with van der Waals surface area (Å²) in [7, 11) is 0. The van der Waals surface area contributed by atoms with Crippen molar-refractivity contribution in [3.05, 3.63) is 60.0 Å². The normalized spacial score (nSPS) is 24.5. The first kappa shape index (κ1) is 23.8. The zero-order valence-corrected chi connectivity index (χ0v) is 19.2. The number of fused-ring (bicyclic) bond motifs is 1. The smallest absolute Gasteiger partial charge is 0.306 e. The highest BCUT2D eigenvalue weighted by Gasteiger charge is 2.55. The highest BCUT2D eigenvalue weighted by atomic mass is 16.6. The summed E-state index contributed by atoms with van der Waals surface area (Å²) in [5.74, 6) is -0.435. The molecule has 10 nitrogen and oxygen atoms in total. The molecular weight excluding hydrogens is 440 g/mol. The van der Waals surface area contributed by atoms with Crippen LogP contribution in [0.1, 0.15) is 43.2 Å². The van der Waals surface area contributed by atoms with E-state index < -0.39 is 36.5 Å². The quantitative estimate of drug-likeness (QED) is 0.448. The lowest BCUT2D eigenvalue weighted by molar-refractivity contribution is -0.157. The number of benzene rings is 1. The van der Waals surface area contributed by atoms with Crippen molar-refractivity contribution in [1.82, 2.24) is 14.6 Å². The van der Waals surface area contributed by atoms with E-state index in [0.29, 0.717) is 16.8 Å². The molecule has 0 unspecified atom stereocenters. The molecule has 1 aromatic carbocycles. The number of hydrogen-bond donors (Lipinski definition) is 3. The average molecular weight is 469 g/mol. The molecule has 0 radical (unpaired) electrons. The summed E-state index contributed by atoms with van der Waals surface area (Å²) in [6, 6.07) is 12.1. The van der Waals surface area contributed by atoms with Crippen LogP contribution >= 0.6 is 0 Å². The number of ether oxygens (including phenoxy) is 2. The van der Waals surface area contributed by atoms with E-state index in [1.807, 2.05) is 19.9 Å². The van der Waals surface area contributed by atoms with Gasteiger partial charge in [-0.25, -0.2) is 9.50 Å². The van der Waals surface area contributed by atoms with E-state index >= 15 is 0 Å². The molecule has 3 N–H and O–H groups in total. The first-order valence-corrected chi connectivity index (χ1v) is 11.1. The summed E-state index contributed by atoms with van der Waals surface area (Å²) >= 11 is 0. The predicted octanol–water partition coefficient (Wildman–Crippen LogP) is 1.91. The minimum absolute atomic E-state index is 0.0849. The summed E-state index contributed by atoms with van der Waals surface area (Å²) < 4.78 is 13.0. The topological polar surface area (TPSA) is 135 Å². The largest absolute Gasteiger partial charge is 0.457 e. The number of aliphatic hydroxyl groups excluding tert-OH is 2. The molecule has 1 amide bonds. The Bertz CT molecular complexity index is 1180. The number of amides is 1. The van der Waals surface area contributed by atoms with Crippen molar-refractivity contribution in [1.29, 1.82) is 0 Å². The zero-order chi connectivity index (χ0) is 24.5. The number of rotatable bonds is 7. The lowest BCUT2D eigenvalue weighted by Crippen LogP contribution is -2.42. The molecule has 1 aliphatic rings. The van der Waals surface area contributed by atoms with Gasteiger partial charge in [0.1, 0.15) is 29.7 Å². The second-order valence-corrected chi connectivity index (χ2v) is 8.89. The standard InChI is InChI=1S/C24H28N4O6/c1-14(2)11-19(30)33-20-17(12-29)34-24(3,21(20)31)18-10-9-16-22(25-13-26-28(16)18)27-23(32)15-7-5-4-6-8-15/h4-10,13-14,17,20-21,29,31H,11-12H2,1-3H3,(H,25,26,27,32)/t17-,20-,21-,24+/m1/s1. The number of carbonyl (C=O) groups excluding carboxylic acids is 2. The van der Waals surface area contributed by atoms with E-state index in [1.165, 1.54) is 10.8 Å². The lowest BCUT2D eigenvalue weighted by Gasteiger charge is -2.27. The van der Waals surface area contributed by atoms with Gasteiger partial charge in [0, 0.05) is 12.0 Å². The monoisotopic (exact) mass is 468 g/mol. The zero-order valence-electron chi connectivity index (χ0n) is 19.2. The van der Waals surface area contributed by atoms with E-state index in [9.17, 15) is 19.8 Å². The molecule has 10 heteroatoms. The van der Waals surface area contributed by atoms with E-state index in [1.54, 1.807) is 43.3 Å². The molecule has 1 fully saturated rings. The van der Waals surface area contributed by atoms with Gasteiger partial charge in [-0.05, 0) is 37.1 Å². The Hall–Kier alpha value is -3.34. The van der Waals surface area contributed by atoms with Crippen molar-refractivity contribution in [2.75, 3.05) is 11.9 Å². The number of nitrogens with zero attached hydrogens (tertiary/aromatic N) is 3. The molecule has 1 saturated heterocycles. The van der Waals surface area contributed by atoms with Crippen LogP contribution in [-0.4, -0.2) is 61.6 Å². The van der Waals surface area contributed by atoms with Crippen LogP contribution in [0.5, 0.6) is 0 Å². The fourth-order valence-electron chi connectivity index (χ4n) is 4.17. The van der Waals surface area contributed by atoms with E-state index in [4.69, 9.17) is 9.47 Å². The first-order chi connectivity index (χ1) is 16.2. The molecular formula is C24H28N4O6. The van der Waals surface area contributed by atoms with E-state index in [2.05, 4.69) is 15.4 Å². The van der Waals surface area contributed by atoms with Crippen molar-refractivity contribution in [2.24, 2.45) is 5.92 Å². The van der Waals surface area contributed by atoms with Gasteiger partial charge in [0.25, 0.3) is 5.91 Å².